The van der Waals surface area contributed by atoms with Gasteiger partial charge in [0.1, 0.15) is 5.75 Å². The molecule has 0 saturated heterocycles. The highest BCUT2D eigenvalue weighted by molar-refractivity contribution is 6.00. The zero-order chi connectivity index (χ0) is 22.4. The van der Waals surface area contributed by atoms with Crippen LogP contribution < -0.4 is 24.4 Å². The molecule has 1 N–H and O–H groups in total. The first kappa shape index (κ1) is 22.5. The number of anilines is 1. The van der Waals surface area contributed by atoms with Gasteiger partial charge in [-0.1, -0.05) is 25.1 Å². The molecule has 0 radical (unpaired) electrons. The number of nitrogens with one attached hydrogen (secondary N) is 1. The summed E-state index contributed by atoms with van der Waals surface area (Å²) in [5.74, 6) is 1.69. The van der Waals surface area contributed by atoms with Gasteiger partial charge in [-0.15, -0.1) is 0 Å². The minimum Gasteiger partial charge on any atom is -0.493 e. The summed E-state index contributed by atoms with van der Waals surface area (Å²) in [6.45, 7) is 6.58. The van der Waals surface area contributed by atoms with Crippen molar-refractivity contribution in [1.82, 2.24) is 5.32 Å². The number of nitrogens with zero attached hydrogens (tertiary/aromatic N) is 1. The zero-order valence-electron chi connectivity index (χ0n) is 18.5. The van der Waals surface area contributed by atoms with E-state index in [1.54, 1.807) is 18.9 Å². The summed E-state index contributed by atoms with van der Waals surface area (Å²) in [5, 5.41) is 3.00. The quantitative estimate of drug-likeness (QED) is 0.659. The number of rotatable bonds is 9. The molecular formula is C24H30N2O5. The maximum absolute atomic E-state index is 12.6. The normalized spacial score (nSPS) is 16.2. The number of hydrogen-bond acceptors (Lipinski definition) is 5. The van der Waals surface area contributed by atoms with E-state index in [9.17, 15) is 9.59 Å². The number of ether oxygens (including phenoxy) is 3. The molecule has 2 aromatic carbocycles. The first-order chi connectivity index (χ1) is 14.9. The summed E-state index contributed by atoms with van der Waals surface area (Å²) in [7, 11) is 1.60. The predicted molar refractivity (Wildman–Crippen MR) is 119 cm³/mol. The first-order valence-corrected chi connectivity index (χ1v) is 10.6. The van der Waals surface area contributed by atoms with Crippen LogP contribution in [-0.2, 0) is 9.59 Å². The molecule has 2 unspecified atom stereocenters. The van der Waals surface area contributed by atoms with Crippen molar-refractivity contribution in [2.24, 2.45) is 0 Å². The highest BCUT2D eigenvalue weighted by atomic mass is 16.5. The van der Waals surface area contributed by atoms with Crippen LogP contribution >= 0.6 is 0 Å². The molecule has 0 aromatic heterocycles. The highest BCUT2D eigenvalue weighted by Gasteiger charge is 2.31. The van der Waals surface area contributed by atoms with Crippen LogP contribution in [0.15, 0.2) is 42.5 Å². The number of carbonyl (C=O) groups is 2. The number of amides is 2. The van der Waals surface area contributed by atoms with Crippen molar-refractivity contribution in [3.63, 3.8) is 0 Å². The molecule has 0 bridgehead atoms. The Hall–Kier alpha value is -3.22. The van der Waals surface area contributed by atoms with Gasteiger partial charge in [-0.05, 0) is 50.1 Å². The Morgan fingerprint density at radius 1 is 1.23 bits per heavy atom. The largest absolute Gasteiger partial charge is 0.493 e. The van der Waals surface area contributed by atoms with Crippen LogP contribution in [-0.4, -0.2) is 38.2 Å². The van der Waals surface area contributed by atoms with Gasteiger partial charge in [0.25, 0.3) is 5.91 Å². The van der Waals surface area contributed by atoms with Crippen molar-refractivity contribution in [3.8, 4) is 17.2 Å². The first-order valence-electron chi connectivity index (χ1n) is 10.6. The van der Waals surface area contributed by atoms with E-state index in [-0.39, 0.29) is 30.8 Å². The summed E-state index contributed by atoms with van der Waals surface area (Å²) in [6.07, 6.45) is 0.524. The molecule has 166 valence electrons. The number of methoxy groups -OCH3 is 1. The minimum atomic E-state index is -0.571. The number of hydrogen-bond donors (Lipinski definition) is 1. The highest BCUT2D eigenvalue weighted by Crippen LogP contribution is 2.34. The number of para-hydroxylation sites is 2. The van der Waals surface area contributed by atoms with E-state index in [0.29, 0.717) is 29.5 Å². The summed E-state index contributed by atoms with van der Waals surface area (Å²) in [5.41, 5.74) is 1.61. The van der Waals surface area contributed by atoms with Gasteiger partial charge in [-0.3, -0.25) is 9.59 Å². The molecule has 1 aliphatic heterocycles. The summed E-state index contributed by atoms with van der Waals surface area (Å²) in [4.78, 5) is 26.8. The summed E-state index contributed by atoms with van der Waals surface area (Å²) < 4.78 is 16.8. The molecule has 0 saturated carbocycles. The van der Waals surface area contributed by atoms with Gasteiger partial charge in [0.05, 0.1) is 25.4 Å². The molecule has 3 rings (SSSR count). The van der Waals surface area contributed by atoms with E-state index >= 15 is 0 Å². The monoisotopic (exact) mass is 426 g/mol. The Morgan fingerprint density at radius 2 is 2.00 bits per heavy atom. The van der Waals surface area contributed by atoms with Gasteiger partial charge in [0.2, 0.25) is 5.91 Å². The molecule has 1 heterocycles. The Balaban J connectivity index is 1.61. The van der Waals surface area contributed by atoms with E-state index in [4.69, 9.17) is 14.2 Å². The zero-order valence-corrected chi connectivity index (χ0v) is 18.5. The average Bonchev–Trinajstić information content (AvgIpc) is 2.77. The molecular weight excluding hydrogens is 396 g/mol. The second kappa shape index (κ2) is 10.2. The molecule has 2 atom stereocenters. The molecule has 0 spiro atoms. The lowest BCUT2D eigenvalue weighted by Gasteiger charge is -2.32. The molecule has 0 fully saturated rings. The van der Waals surface area contributed by atoms with Gasteiger partial charge >= 0.3 is 0 Å². The maximum atomic E-state index is 12.6. The van der Waals surface area contributed by atoms with Crippen LogP contribution in [0.25, 0.3) is 0 Å². The van der Waals surface area contributed by atoms with Crippen LogP contribution in [0.3, 0.4) is 0 Å². The summed E-state index contributed by atoms with van der Waals surface area (Å²) in [6, 6.07) is 12.8. The maximum Gasteiger partial charge on any atom is 0.267 e. The van der Waals surface area contributed by atoms with Crippen molar-refractivity contribution >= 4 is 17.5 Å². The van der Waals surface area contributed by atoms with Crippen LogP contribution in [0.5, 0.6) is 17.2 Å². The Bertz CT molecular complexity index is 930. The fourth-order valence-electron chi connectivity index (χ4n) is 3.48. The minimum absolute atomic E-state index is 0.137. The third-order valence-corrected chi connectivity index (χ3v) is 5.16. The topological polar surface area (TPSA) is 77.1 Å². The molecule has 2 aromatic rings. The molecule has 0 aliphatic carbocycles. The molecule has 7 nitrogen and oxygen atoms in total. The number of carbonyl (C=O) groups excluding carboxylic acids is 2. The van der Waals surface area contributed by atoms with Gasteiger partial charge in [-0.25, -0.2) is 0 Å². The van der Waals surface area contributed by atoms with Crippen molar-refractivity contribution < 1.29 is 23.8 Å². The van der Waals surface area contributed by atoms with Crippen molar-refractivity contribution in [2.45, 2.75) is 45.8 Å². The third kappa shape index (κ3) is 5.29. The third-order valence-electron chi connectivity index (χ3n) is 5.16. The number of benzene rings is 2. The second-order valence-corrected chi connectivity index (χ2v) is 7.52. The standard InChI is InChI=1S/C24H30N2O5/c1-5-14-30-21-11-10-18(15-22(21)29-4)16(2)25-23(27)12-13-26-19-8-6-7-9-20(19)31-17(3)24(26)28/h6-11,15-17H,5,12-14H2,1-4H3,(H,25,27). The van der Waals surface area contributed by atoms with Gasteiger partial charge in [-0.2, -0.15) is 0 Å². The van der Waals surface area contributed by atoms with Crippen LogP contribution in [0.2, 0.25) is 0 Å². The molecule has 1 aliphatic rings. The van der Waals surface area contributed by atoms with Gasteiger partial charge in [0.15, 0.2) is 17.6 Å². The van der Waals surface area contributed by atoms with E-state index in [2.05, 4.69) is 5.32 Å². The fraction of sp³-hybridized carbons (Fsp3) is 0.417. The molecule has 31 heavy (non-hydrogen) atoms. The fourth-order valence-corrected chi connectivity index (χ4v) is 3.48. The average molecular weight is 427 g/mol. The Morgan fingerprint density at radius 3 is 2.74 bits per heavy atom. The lowest BCUT2D eigenvalue weighted by atomic mass is 10.1. The lowest BCUT2D eigenvalue weighted by Crippen LogP contribution is -2.45. The lowest BCUT2D eigenvalue weighted by molar-refractivity contribution is -0.125. The molecule has 7 heteroatoms. The van der Waals surface area contributed by atoms with Crippen LogP contribution in [0.1, 0.15) is 45.2 Å². The van der Waals surface area contributed by atoms with Crippen LogP contribution in [0.4, 0.5) is 5.69 Å². The van der Waals surface area contributed by atoms with E-state index in [1.807, 2.05) is 56.3 Å². The van der Waals surface area contributed by atoms with E-state index < -0.39 is 6.10 Å². The smallest absolute Gasteiger partial charge is 0.267 e. The Labute approximate surface area is 183 Å². The SMILES string of the molecule is CCCOc1ccc(C(C)NC(=O)CCN2C(=O)C(C)Oc3ccccc32)cc1OC. The predicted octanol–water partition coefficient (Wildman–Crippen LogP) is 3.87. The summed E-state index contributed by atoms with van der Waals surface area (Å²) >= 11 is 0. The van der Waals surface area contributed by atoms with Crippen molar-refractivity contribution in [1.29, 1.82) is 0 Å². The van der Waals surface area contributed by atoms with Crippen molar-refractivity contribution in [3.05, 3.63) is 48.0 Å². The van der Waals surface area contributed by atoms with E-state index in [1.165, 1.54) is 0 Å². The molecule has 2 amide bonds. The second-order valence-electron chi connectivity index (χ2n) is 7.52. The van der Waals surface area contributed by atoms with Crippen LogP contribution in [0, 0.1) is 0 Å². The number of fused-ring (bicyclic) bond motifs is 1. The van der Waals surface area contributed by atoms with E-state index in [0.717, 1.165) is 12.0 Å². The Kier molecular flexibility index (Phi) is 7.39. The van der Waals surface area contributed by atoms with Gasteiger partial charge < -0.3 is 24.4 Å². The van der Waals surface area contributed by atoms with Gasteiger partial charge in [0, 0.05) is 13.0 Å². The van der Waals surface area contributed by atoms with Crippen molar-refractivity contribution in [2.75, 3.05) is 25.2 Å².